The van der Waals surface area contributed by atoms with E-state index in [4.69, 9.17) is 0 Å². The third-order valence-electron chi connectivity index (χ3n) is 4.11. The lowest BCUT2D eigenvalue weighted by molar-refractivity contribution is -0.120. The molecule has 0 unspecified atom stereocenters. The predicted octanol–water partition coefficient (Wildman–Crippen LogP) is 1.72. The Bertz CT molecular complexity index is 660. The van der Waals surface area contributed by atoms with Gasteiger partial charge in [-0.3, -0.25) is 4.79 Å². The van der Waals surface area contributed by atoms with Crippen molar-refractivity contribution in [3.63, 3.8) is 0 Å². The molecule has 2 aromatic heterocycles. The first-order valence-electron chi connectivity index (χ1n) is 8.29. The molecule has 0 spiro atoms. The van der Waals surface area contributed by atoms with Crippen molar-refractivity contribution in [2.24, 2.45) is 0 Å². The summed E-state index contributed by atoms with van der Waals surface area (Å²) in [6, 6.07) is 8.32. The molecule has 0 radical (unpaired) electrons. The van der Waals surface area contributed by atoms with Gasteiger partial charge >= 0.3 is 0 Å². The zero-order valence-electron chi connectivity index (χ0n) is 13.9. The van der Waals surface area contributed by atoms with Crippen LogP contribution in [0, 0.1) is 6.92 Å². The van der Waals surface area contributed by atoms with Gasteiger partial charge in [0.1, 0.15) is 0 Å². The Morgan fingerprint density at radius 2 is 2.33 bits per heavy atom. The Morgan fingerprint density at radius 1 is 1.42 bits per heavy atom. The summed E-state index contributed by atoms with van der Waals surface area (Å²) in [6.45, 7) is 4.87. The fourth-order valence-corrected chi connectivity index (χ4v) is 3.71. The Hall–Kier alpha value is -1.99. The molecule has 7 heteroatoms. The number of carbonyl (C=O) groups excluding carboxylic acids is 1. The summed E-state index contributed by atoms with van der Waals surface area (Å²) in [5, 5.41) is 14.4. The van der Waals surface area contributed by atoms with Gasteiger partial charge in [-0.05, 0) is 44.0 Å². The van der Waals surface area contributed by atoms with E-state index in [2.05, 4.69) is 44.8 Å². The molecule has 2 aromatic rings. The molecule has 0 aromatic carbocycles. The van der Waals surface area contributed by atoms with Crippen LogP contribution < -0.4 is 15.5 Å². The number of hydrogen-bond acceptors (Lipinski definition) is 6. The summed E-state index contributed by atoms with van der Waals surface area (Å²) in [4.78, 5) is 16.7. The van der Waals surface area contributed by atoms with Gasteiger partial charge in [-0.15, -0.1) is 16.4 Å². The van der Waals surface area contributed by atoms with Crippen molar-refractivity contribution >= 4 is 23.1 Å². The van der Waals surface area contributed by atoms with Crippen LogP contribution in [0.4, 0.5) is 5.82 Å². The number of nitrogens with zero attached hydrogens (tertiary/aromatic N) is 3. The van der Waals surface area contributed by atoms with E-state index in [1.54, 1.807) is 17.5 Å². The number of amides is 1. The Morgan fingerprint density at radius 3 is 3.08 bits per heavy atom. The summed E-state index contributed by atoms with van der Waals surface area (Å²) in [5.41, 5.74) is 0. The Kier molecular flexibility index (Phi) is 5.77. The third kappa shape index (κ3) is 4.75. The van der Waals surface area contributed by atoms with Gasteiger partial charge in [0.15, 0.2) is 5.82 Å². The fourth-order valence-electron chi connectivity index (χ4n) is 2.88. The molecule has 0 saturated carbocycles. The highest BCUT2D eigenvalue weighted by molar-refractivity contribution is 7.11. The number of nitrogens with one attached hydrogen (secondary N) is 2. The van der Waals surface area contributed by atoms with Crippen molar-refractivity contribution in [3.05, 3.63) is 40.2 Å². The summed E-state index contributed by atoms with van der Waals surface area (Å²) in [6.07, 6.45) is 3.85. The number of thiophene rings is 1. The quantitative estimate of drug-likeness (QED) is 0.834. The molecule has 3 rings (SSSR count). The molecule has 6 nitrogen and oxygen atoms in total. The van der Waals surface area contributed by atoms with E-state index in [0.717, 1.165) is 31.7 Å². The molecular weight excluding hydrogens is 322 g/mol. The molecule has 1 aliphatic heterocycles. The zero-order valence-corrected chi connectivity index (χ0v) is 14.7. The third-order valence-corrected chi connectivity index (χ3v) is 5.11. The predicted molar refractivity (Wildman–Crippen MR) is 96.2 cm³/mol. The van der Waals surface area contributed by atoms with Crippen LogP contribution in [-0.4, -0.2) is 41.8 Å². The molecule has 0 bridgehead atoms. The molecule has 0 aliphatic carbocycles. The smallest absolute Gasteiger partial charge is 0.234 e. The van der Waals surface area contributed by atoms with Gasteiger partial charge in [-0.25, -0.2) is 0 Å². The normalized spacial score (nSPS) is 17.7. The second-order valence-corrected chi connectivity index (χ2v) is 7.41. The minimum Gasteiger partial charge on any atom is -0.354 e. The maximum Gasteiger partial charge on any atom is 0.234 e. The van der Waals surface area contributed by atoms with Crippen molar-refractivity contribution in [2.45, 2.75) is 32.4 Å². The maximum absolute atomic E-state index is 12.0. The van der Waals surface area contributed by atoms with Gasteiger partial charge in [-0.2, -0.15) is 5.10 Å². The number of rotatable bonds is 6. The van der Waals surface area contributed by atoms with Gasteiger partial charge in [0, 0.05) is 35.1 Å². The van der Waals surface area contributed by atoms with Crippen LogP contribution >= 0.6 is 11.3 Å². The summed E-state index contributed by atoms with van der Waals surface area (Å²) >= 11 is 1.72. The van der Waals surface area contributed by atoms with E-state index < -0.39 is 0 Å². The molecule has 1 atom stereocenters. The number of piperidine rings is 1. The molecule has 24 heavy (non-hydrogen) atoms. The molecule has 2 N–H and O–H groups in total. The van der Waals surface area contributed by atoms with Crippen molar-refractivity contribution < 1.29 is 4.79 Å². The van der Waals surface area contributed by atoms with Gasteiger partial charge in [0.05, 0.1) is 13.1 Å². The van der Waals surface area contributed by atoms with E-state index in [1.807, 2.05) is 12.1 Å². The molecular formula is C17H23N5OS. The van der Waals surface area contributed by atoms with Crippen LogP contribution in [0.3, 0.4) is 0 Å². The SMILES string of the molecule is Cc1ccc(CNC(=O)CN[C@H]2CCCN(c3cccnn3)C2)s1. The number of aromatic nitrogens is 2. The lowest BCUT2D eigenvalue weighted by atomic mass is 10.1. The largest absolute Gasteiger partial charge is 0.354 e. The number of aryl methyl sites for hydroxylation is 1. The van der Waals surface area contributed by atoms with E-state index in [1.165, 1.54) is 9.75 Å². The highest BCUT2D eigenvalue weighted by Gasteiger charge is 2.21. The minimum atomic E-state index is 0.0395. The lowest BCUT2D eigenvalue weighted by Crippen LogP contribution is -2.48. The average molecular weight is 345 g/mol. The van der Waals surface area contributed by atoms with E-state index in [0.29, 0.717) is 19.1 Å². The number of anilines is 1. The maximum atomic E-state index is 12.0. The second kappa shape index (κ2) is 8.21. The first kappa shape index (κ1) is 16.9. The van der Waals surface area contributed by atoms with Crippen molar-refractivity contribution in [1.82, 2.24) is 20.8 Å². The second-order valence-electron chi connectivity index (χ2n) is 6.04. The minimum absolute atomic E-state index is 0.0395. The molecule has 1 amide bonds. The van der Waals surface area contributed by atoms with Gasteiger partial charge in [0.2, 0.25) is 5.91 Å². The van der Waals surface area contributed by atoms with Crippen molar-refractivity contribution in [2.75, 3.05) is 24.5 Å². The highest BCUT2D eigenvalue weighted by atomic mass is 32.1. The number of carbonyl (C=O) groups is 1. The van der Waals surface area contributed by atoms with Crippen LogP contribution in [0.25, 0.3) is 0 Å². The van der Waals surface area contributed by atoms with Crippen molar-refractivity contribution in [3.8, 4) is 0 Å². The molecule has 3 heterocycles. The molecule has 1 aliphatic rings. The molecule has 128 valence electrons. The molecule has 1 saturated heterocycles. The fraction of sp³-hybridized carbons (Fsp3) is 0.471. The van der Waals surface area contributed by atoms with Crippen molar-refractivity contribution in [1.29, 1.82) is 0 Å². The zero-order chi connectivity index (χ0) is 16.8. The highest BCUT2D eigenvalue weighted by Crippen LogP contribution is 2.16. The lowest BCUT2D eigenvalue weighted by Gasteiger charge is -2.33. The average Bonchev–Trinajstić information content (AvgIpc) is 3.04. The van der Waals surface area contributed by atoms with Gasteiger partial charge in [0.25, 0.3) is 0 Å². The Labute approximate surface area is 146 Å². The monoisotopic (exact) mass is 345 g/mol. The van der Waals surface area contributed by atoms with E-state index in [-0.39, 0.29) is 5.91 Å². The first-order valence-corrected chi connectivity index (χ1v) is 9.10. The van der Waals surface area contributed by atoms with Gasteiger partial charge in [-0.1, -0.05) is 0 Å². The first-order chi connectivity index (χ1) is 11.7. The Balaban J connectivity index is 1.41. The van der Waals surface area contributed by atoms with E-state index >= 15 is 0 Å². The van der Waals surface area contributed by atoms with Crippen LogP contribution in [0.15, 0.2) is 30.5 Å². The van der Waals surface area contributed by atoms with Crippen LogP contribution in [0.5, 0.6) is 0 Å². The van der Waals surface area contributed by atoms with Crippen LogP contribution in [0.1, 0.15) is 22.6 Å². The molecule has 1 fully saturated rings. The van der Waals surface area contributed by atoms with E-state index in [9.17, 15) is 4.79 Å². The summed E-state index contributed by atoms with van der Waals surface area (Å²) in [5.74, 6) is 0.944. The van der Waals surface area contributed by atoms with Gasteiger partial charge < -0.3 is 15.5 Å². The van der Waals surface area contributed by atoms with Crippen LogP contribution in [-0.2, 0) is 11.3 Å². The summed E-state index contributed by atoms with van der Waals surface area (Å²) < 4.78 is 0. The number of hydrogen-bond donors (Lipinski definition) is 2. The summed E-state index contributed by atoms with van der Waals surface area (Å²) in [7, 11) is 0. The topological polar surface area (TPSA) is 70.2 Å². The standard InChI is InChI=1S/C17H23N5OS/c1-13-6-7-15(24-13)10-19-17(23)11-18-14-4-3-9-22(12-14)16-5-2-8-20-21-16/h2,5-8,14,18H,3-4,9-12H2,1H3,(H,19,23)/t14-/m0/s1. The van der Waals surface area contributed by atoms with Crippen LogP contribution in [0.2, 0.25) is 0 Å².